The maximum atomic E-state index is 13.6. The van der Waals surface area contributed by atoms with Crippen LogP contribution >= 0.6 is 0 Å². The number of halogens is 4. The van der Waals surface area contributed by atoms with Crippen LogP contribution in [0.3, 0.4) is 0 Å². The predicted octanol–water partition coefficient (Wildman–Crippen LogP) is 4.06. The summed E-state index contributed by atoms with van der Waals surface area (Å²) in [6.07, 6.45) is -0.341. The first kappa shape index (κ1) is 15.3. The van der Waals surface area contributed by atoms with Gasteiger partial charge in [-0.15, -0.1) is 0 Å². The number of anilines is 1. The van der Waals surface area contributed by atoms with Crippen LogP contribution in [0.1, 0.15) is 24.6 Å². The average Bonchev–Trinajstić information content (AvgIpc) is 2.84. The molecular formula is C14H15F4N3. The highest BCUT2D eigenvalue weighted by molar-refractivity contribution is 5.48. The lowest BCUT2D eigenvalue weighted by molar-refractivity contribution is -0.137. The van der Waals surface area contributed by atoms with Crippen molar-refractivity contribution >= 4 is 5.69 Å². The Kier molecular flexibility index (Phi) is 4.50. The van der Waals surface area contributed by atoms with Gasteiger partial charge in [0.15, 0.2) is 0 Å². The topological polar surface area (TPSA) is 29.9 Å². The number of nitrogens with one attached hydrogen (secondary N) is 1. The lowest BCUT2D eigenvalue weighted by Crippen LogP contribution is -2.10. The number of aromatic nitrogens is 2. The van der Waals surface area contributed by atoms with E-state index < -0.39 is 17.6 Å². The number of benzene rings is 1. The fraction of sp³-hybridized carbons (Fsp3) is 0.357. The Hall–Kier alpha value is -2.05. The number of aryl methyl sites for hydroxylation is 1. The molecule has 0 amide bonds. The zero-order chi connectivity index (χ0) is 15.5. The molecule has 0 aliphatic rings. The molecule has 114 valence electrons. The Balaban J connectivity index is 2.14. The summed E-state index contributed by atoms with van der Waals surface area (Å²) in [6, 6.07) is 2.31. The third-order valence-corrected chi connectivity index (χ3v) is 3.02. The molecule has 0 atom stereocenters. The highest BCUT2D eigenvalue weighted by Gasteiger charge is 2.31. The molecule has 0 spiro atoms. The van der Waals surface area contributed by atoms with Gasteiger partial charge in [-0.2, -0.15) is 13.2 Å². The predicted molar refractivity (Wildman–Crippen MR) is 71.2 cm³/mol. The minimum atomic E-state index is -4.49. The minimum absolute atomic E-state index is 0.172. The molecule has 3 nitrogen and oxygen atoms in total. The Labute approximate surface area is 119 Å². The molecule has 1 aromatic carbocycles. The average molecular weight is 301 g/mol. The van der Waals surface area contributed by atoms with Gasteiger partial charge < -0.3 is 9.88 Å². The number of imidazole rings is 1. The Morgan fingerprint density at radius 3 is 2.71 bits per heavy atom. The minimum Gasteiger partial charge on any atom is -0.377 e. The quantitative estimate of drug-likeness (QED) is 0.844. The van der Waals surface area contributed by atoms with E-state index >= 15 is 0 Å². The van der Waals surface area contributed by atoms with Crippen LogP contribution in [0.15, 0.2) is 30.7 Å². The van der Waals surface area contributed by atoms with Gasteiger partial charge in [0.1, 0.15) is 5.82 Å². The van der Waals surface area contributed by atoms with Gasteiger partial charge in [-0.25, -0.2) is 9.37 Å². The SMILES string of the molecule is CCCn1cncc1CNc1cc(C(F)(F)F)ccc1F. The summed E-state index contributed by atoms with van der Waals surface area (Å²) in [5.74, 6) is -0.718. The standard InChI is InChI=1S/C14H15F4N3/c1-2-5-21-9-19-7-11(21)8-20-13-6-10(14(16,17)18)3-4-12(13)15/h3-4,6-7,9,20H,2,5,8H2,1H3. The van der Waals surface area contributed by atoms with Crippen LogP contribution in [-0.2, 0) is 19.3 Å². The van der Waals surface area contributed by atoms with Crippen LogP contribution in [0.4, 0.5) is 23.2 Å². The molecule has 0 fully saturated rings. The lowest BCUT2D eigenvalue weighted by atomic mass is 10.2. The molecule has 7 heteroatoms. The first-order chi connectivity index (χ1) is 9.91. The van der Waals surface area contributed by atoms with Crippen molar-refractivity contribution in [1.82, 2.24) is 9.55 Å². The van der Waals surface area contributed by atoms with Gasteiger partial charge in [-0.05, 0) is 24.6 Å². The van der Waals surface area contributed by atoms with E-state index in [9.17, 15) is 17.6 Å². The van der Waals surface area contributed by atoms with Crippen molar-refractivity contribution in [3.63, 3.8) is 0 Å². The van der Waals surface area contributed by atoms with E-state index in [4.69, 9.17) is 0 Å². The van der Waals surface area contributed by atoms with Gasteiger partial charge >= 0.3 is 6.18 Å². The molecule has 21 heavy (non-hydrogen) atoms. The molecule has 2 rings (SSSR count). The van der Waals surface area contributed by atoms with Gasteiger partial charge in [0.25, 0.3) is 0 Å². The fourth-order valence-corrected chi connectivity index (χ4v) is 1.96. The summed E-state index contributed by atoms with van der Waals surface area (Å²) in [7, 11) is 0. The molecular weight excluding hydrogens is 286 g/mol. The number of hydrogen-bond acceptors (Lipinski definition) is 2. The van der Waals surface area contributed by atoms with Crippen LogP contribution in [-0.4, -0.2) is 9.55 Å². The molecule has 0 saturated heterocycles. The smallest absolute Gasteiger partial charge is 0.377 e. The van der Waals surface area contributed by atoms with Crippen molar-refractivity contribution in [3.05, 3.63) is 47.8 Å². The number of alkyl halides is 3. The summed E-state index contributed by atoms with van der Waals surface area (Å²) in [5.41, 5.74) is -0.267. The molecule has 1 aromatic heterocycles. The third-order valence-electron chi connectivity index (χ3n) is 3.02. The molecule has 0 saturated carbocycles. The van der Waals surface area contributed by atoms with Crippen molar-refractivity contribution in [2.24, 2.45) is 0 Å². The van der Waals surface area contributed by atoms with Gasteiger partial charge in [-0.3, -0.25) is 0 Å². The molecule has 0 radical (unpaired) electrons. The van der Waals surface area contributed by atoms with Crippen molar-refractivity contribution in [3.8, 4) is 0 Å². The summed E-state index contributed by atoms with van der Waals surface area (Å²) in [6.45, 7) is 2.96. The zero-order valence-corrected chi connectivity index (χ0v) is 11.4. The van der Waals surface area contributed by atoms with Crippen LogP contribution in [0.2, 0.25) is 0 Å². The summed E-state index contributed by atoms with van der Waals surface area (Å²) in [5, 5.41) is 2.69. The second-order valence-electron chi connectivity index (χ2n) is 4.62. The van der Waals surface area contributed by atoms with Crippen LogP contribution in [0, 0.1) is 5.82 Å². The molecule has 2 aromatic rings. The molecule has 0 aliphatic heterocycles. The number of rotatable bonds is 5. The number of hydrogen-bond donors (Lipinski definition) is 1. The van der Waals surface area contributed by atoms with Crippen LogP contribution in [0.25, 0.3) is 0 Å². The van der Waals surface area contributed by atoms with E-state index in [1.807, 2.05) is 11.5 Å². The van der Waals surface area contributed by atoms with E-state index in [0.29, 0.717) is 0 Å². The van der Waals surface area contributed by atoms with E-state index in [0.717, 1.165) is 36.9 Å². The summed E-state index contributed by atoms with van der Waals surface area (Å²) in [4.78, 5) is 3.98. The Bertz CT molecular complexity index is 605. The summed E-state index contributed by atoms with van der Waals surface area (Å²) >= 11 is 0. The number of nitrogens with zero attached hydrogens (tertiary/aromatic N) is 2. The second kappa shape index (κ2) is 6.15. The molecule has 0 unspecified atom stereocenters. The lowest BCUT2D eigenvalue weighted by Gasteiger charge is -2.12. The highest BCUT2D eigenvalue weighted by Crippen LogP contribution is 2.31. The summed E-state index contributed by atoms with van der Waals surface area (Å²) < 4.78 is 53.3. The van der Waals surface area contributed by atoms with Gasteiger partial charge in [0, 0.05) is 12.7 Å². The first-order valence-corrected chi connectivity index (χ1v) is 6.51. The fourth-order valence-electron chi connectivity index (χ4n) is 1.96. The normalized spacial score (nSPS) is 11.7. The largest absolute Gasteiger partial charge is 0.416 e. The van der Waals surface area contributed by atoms with Crippen LogP contribution in [0.5, 0.6) is 0 Å². The highest BCUT2D eigenvalue weighted by atomic mass is 19.4. The van der Waals surface area contributed by atoms with E-state index in [-0.39, 0.29) is 12.2 Å². The van der Waals surface area contributed by atoms with Gasteiger partial charge in [-0.1, -0.05) is 6.92 Å². The molecule has 0 bridgehead atoms. The van der Waals surface area contributed by atoms with E-state index in [2.05, 4.69) is 10.3 Å². The maximum absolute atomic E-state index is 13.6. The van der Waals surface area contributed by atoms with Crippen molar-refractivity contribution in [2.75, 3.05) is 5.32 Å². The van der Waals surface area contributed by atoms with E-state index in [1.54, 1.807) is 12.5 Å². The zero-order valence-electron chi connectivity index (χ0n) is 11.4. The second-order valence-corrected chi connectivity index (χ2v) is 4.62. The van der Waals surface area contributed by atoms with E-state index in [1.165, 1.54) is 0 Å². The monoisotopic (exact) mass is 301 g/mol. The first-order valence-electron chi connectivity index (χ1n) is 6.51. The van der Waals surface area contributed by atoms with Crippen molar-refractivity contribution < 1.29 is 17.6 Å². The Morgan fingerprint density at radius 2 is 2.05 bits per heavy atom. The van der Waals surface area contributed by atoms with Crippen LogP contribution < -0.4 is 5.32 Å². The maximum Gasteiger partial charge on any atom is 0.416 e. The Morgan fingerprint density at radius 1 is 1.29 bits per heavy atom. The molecule has 0 aliphatic carbocycles. The van der Waals surface area contributed by atoms with Gasteiger partial charge in [0.05, 0.1) is 29.8 Å². The molecule has 1 heterocycles. The third kappa shape index (κ3) is 3.74. The molecule has 1 N–H and O–H groups in total. The van der Waals surface area contributed by atoms with Crippen molar-refractivity contribution in [1.29, 1.82) is 0 Å². The van der Waals surface area contributed by atoms with Gasteiger partial charge in [0.2, 0.25) is 0 Å². The van der Waals surface area contributed by atoms with Crippen molar-refractivity contribution in [2.45, 2.75) is 32.6 Å².